The van der Waals surface area contributed by atoms with E-state index in [9.17, 15) is 9.59 Å². The lowest BCUT2D eigenvalue weighted by Crippen LogP contribution is -2.40. The van der Waals surface area contributed by atoms with Gasteiger partial charge in [-0.05, 0) is 17.9 Å². The molecule has 0 saturated carbocycles. The molecule has 0 bridgehead atoms. The normalized spacial score (nSPS) is 14.0. The summed E-state index contributed by atoms with van der Waals surface area (Å²) in [4.78, 5) is 33.8. The molecular weight excluding hydrogens is 312 g/mol. The Labute approximate surface area is 138 Å². The molecule has 0 radical (unpaired) electrons. The van der Waals surface area contributed by atoms with Crippen LogP contribution >= 0.6 is 11.3 Å². The lowest BCUT2D eigenvalue weighted by molar-refractivity contribution is -0.132. The number of thiophene rings is 1. The lowest BCUT2D eigenvalue weighted by Gasteiger charge is -2.20. The number of hydrogen-bond acceptors (Lipinski definition) is 5. The van der Waals surface area contributed by atoms with E-state index < -0.39 is 0 Å². The Hall–Kier alpha value is -2.28. The quantitative estimate of drug-likeness (QED) is 0.919. The number of rotatable bonds is 3. The van der Waals surface area contributed by atoms with Gasteiger partial charge in [0.05, 0.1) is 12.2 Å². The zero-order chi connectivity index (χ0) is 16.2. The molecule has 7 heteroatoms. The van der Waals surface area contributed by atoms with Crippen LogP contribution in [0.25, 0.3) is 11.3 Å². The van der Waals surface area contributed by atoms with Crippen molar-refractivity contribution in [2.75, 3.05) is 19.6 Å². The molecule has 23 heavy (non-hydrogen) atoms. The molecule has 0 saturated heterocycles. The molecule has 3 rings (SSSR count). The monoisotopic (exact) mass is 330 g/mol. The van der Waals surface area contributed by atoms with Crippen LogP contribution in [0.4, 0.5) is 0 Å². The third kappa shape index (κ3) is 3.56. The van der Waals surface area contributed by atoms with Crippen LogP contribution in [0.15, 0.2) is 23.2 Å². The molecule has 1 aliphatic heterocycles. The number of nitrogens with one attached hydrogen (secondary N) is 1. The fourth-order valence-electron chi connectivity index (χ4n) is 2.74. The summed E-state index contributed by atoms with van der Waals surface area (Å²) in [6, 6.07) is 2.05. The average molecular weight is 330 g/mol. The van der Waals surface area contributed by atoms with Gasteiger partial charge in [0.15, 0.2) is 0 Å². The fourth-order valence-corrected chi connectivity index (χ4v) is 3.38. The van der Waals surface area contributed by atoms with Crippen molar-refractivity contribution in [1.29, 1.82) is 0 Å². The van der Waals surface area contributed by atoms with Gasteiger partial charge in [0.25, 0.3) is 0 Å². The van der Waals surface area contributed by atoms with Crippen molar-refractivity contribution in [2.24, 2.45) is 0 Å². The highest BCUT2D eigenvalue weighted by Gasteiger charge is 2.22. The molecule has 0 atom stereocenters. The average Bonchev–Trinajstić information content (AvgIpc) is 2.98. The van der Waals surface area contributed by atoms with E-state index in [1.165, 1.54) is 6.92 Å². The first-order valence-electron chi connectivity index (χ1n) is 7.52. The third-order valence-corrected chi connectivity index (χ3v) is 4.60. The number of amides is 2. The predicted molar refractivity (Wildman–Crippen MR) is 88.0 cm³/mol. The van der Waals surface area contributed by atoms with Gasteiger partial charge in [0.1, 0.15) is 6.33 Å². The summed E-state index contributed by atoms with van der Waals surface area (Å²) >= 11 is 1.64. The van der Waals surface area contributed by atoms with Crippen molar-refractivity contribution in [2.45, 2.75) is 19.8 Å². The summed E-state index contributed by atoms with van der Waals surface area (Å²) in [5, 5.41) is 6.67. The number of aromatic nitrogens is 2. The van der Waals surface area contributed by atoms with Gasteiger partial charge in [0.2, 0.25) is 11.8 Å². The van der Waals surface area contributed by atoms with E-state index in [4.69, 9.17) is 0 Å². The van der Waals surface area contributed by atoms with Crippen molar-refractivity contribution in [3.05, 3.63) is 34.4 Å². The smallest absolute Gasteiger partial charge is 0.241 e. The molecule has 2 aromatic heterocycles. The fraction of sp³-hybridized carbons (Fsp3) is 0.375. The van der Waals surface area contributed by atoms with Crippen molar-refractivity contribution < 1.29 is 9.59 Å². The van der Waals surface area contributed by atoms with Crippen LogP contribution in [-0.2, 0) is 22.4 Å². The summed E-state index contributed by atoms with van der Waals surface area (Å²) < 4.78 is 0. The van der Waals surface area contributed by atoms with Crippen molar-refractivity contribution in [3.63, 3.8) is 0 Å². The second-order valence-corrected chi connectivity index (χ2v) is 6.23. The second-order valence-electron chi connectivity index (χ2n) is 5.45. The number of fused-ring (bicyclic) bond motifs is 1. The molecule has 120 valence electrons. The van der Waals surface area contributed by atoms with Gasteiger partial charge in [-0.25, -0.2) is 9.97 Å². The molecule has 0 unspecified atom stereocenters. The maximum absolute atomic E-state index is 12.2. The maximum Gasteiger partial charge on any atom is 0.241 e. The summed E-state index contributed by atoms with van der Waals surface area (Å²) in [5.74, 6) is -0.250. The molecule has 0 spiro atoms. The lowest BCUT2D eigenvalue weighted by atomic mass is 10.0. The molecule has 1 aliphatic rings. The number of hydrogen-bond donors (Lipinski definition) is 1. The molecule has 2 amide bonds. The first-order chi connectivity index (χ1) is 11.1. The summed E-state index contributed by atoms with van der Waals surface area (Å²) in [6.45, 7) is 2.70. The zero-order valence-electron chi connectivity index (χ0n) is 12.9. The van der Waals surface area contributed by atoms with Crippen molar-refractivity contribution in [3.8, 4) is 11.3 Å². The highest BCUT2D eigenvalue weighted by atomic mass is 32.1. The minimum absolute atomic E-state index is 0.0503. The highest BCUT2D eigenvalue weighted by molar-refractivity contribution is 7.08. The van der Waals surface area contributed by atoms with Crippen LogP contribution in [0.5, 0.6) is 0 Å². The molecular formula is C16H18N4O2S. The molecule has 0 aliphatic carbocycles. The number of nitrogens with zero attached hydrogens (tertiary/aromatic N) is 3. The third-order valence-electron chi connectivity index (χ3n) is 3.92. The second kappa shape index (κ2) is 6.87. The van der Waals surface area contributed by atoms with E-state index in [1.54, 1.807) is 22.6 Å². The topological polar surface area (TPSA) is 75.2 Å². The molecule has 0 fully saturated rings. The minimum atomic E-state index is -0.193. The van der Waals surface area contributed by atoms with Crippen molar-refractivity contribution >= 4 is 23.2 Å². The van der Waals surface area contributed by atoms with E-state index in [0.717, 1.165) is 28.9 Å². The Balaban J connectivity index is 1.77. The van der Waals surface area contributed by atoms with E-state index in [0.29, 0.717) is 19.5 Å². The summed E-state index contributed by atoms with van der Waals surface area (Å²) in [5.41, 5.74) is 4.20. The van der Waals surface area contributed by atoms with Gasteiger partial charge in [-0.2, -0.15) is 11.3 Å². The van der Waals surface area contributed by atoms with Crippen LogP contribution in [0.1, 0.15) is 18.2 Å². The molecule has 1 N–H and O–H groups in total. The molecule has 3 heterocycles. The van der Waals surface area contributed by atoms with E-state index in [2.05, 4.69) is 26.7 Å². The van der Waals surface area contributed by atoms with Gasteiger partial charge >= 0.3 is 0 Å². The summed E-state index contributed by atoms with van der Waals surface area (Å²) in [6.07, 6.45) is 3.04. The number of carbonyl (C=O) groups is 2. The van der Waals surface area contributed by atoms with Gasteiger partial charge in [-0.3, -0.25) is 9.59 Å². The molecule has 0 aromatic carbocycles. The van der Waals surface area contributed by atoms with E-state index >= 15 is 0 Å². The van der Waals surface area contributed by atoms with E-state index in [1.807, 2.05) is 5.38 Å². The molecule has 2 aromatic rings. The first kappa shape index (κ1) is 15.6. The predicted octanol–water partition coefficient (Wildman–Crippen LogP) is 1.27. The van der Waals surface area contributed by atoms with Gasteiger partial charge in [-0.15, -0.1) is 0 Å². The summed E-state index contributed by atoms with van der Waals surface area (Å²) in [7, 11) is 0. The zero-order valence-corrected chi connectivity index (χ0v) is 13.7. The molecule has 6 nitrogen and oxygen atoms in total. The van der Waals surface area contributed by atoms with Crippen LogP contribution in [0.3, 0.4) is 0 Å². The first-order valence-corrected chi connectivity index (χ1v) is 8.47. The largest absolute Gasteiger partial charge is 0.347 e. The van der Waals surface area contributed by atoms with Crippen LogP contribution in [-0.4, -0.2) is 46.3 Å². The highest BCUT2D eigenvalue weighted by Crippen LogP contribution is 2.27. The number of carbonyl (C=O) groups excluding carboxylic acids is 2. The van der Waals surface area contributed by atoms with Gasteiger partial charge in [0, 0.05) is 48.6 Å². The SMILES string of the molecule is CC(=O)NCC(=O)N1CCc2ncnc(-c3ccsc3)c2CC1. The Bertz CT molecular complexity index is 715. The Kier molecular flexibility index (Phi) is 4.66. The van der Waals surface area contributed by atoms with Crippen LogP contribution < -0.4 is 5.32 Å². The van der Waals surface area contributed by atoms with Crippen LogP contribution in [0, 0.1) is 0 Å². The standard InChI is InChI=1S/C16H18N4O2S/c1-11(21)17-8-15(22)20-5-2-13-14(3-6-20)18-10-19-16(13)12-4-7-23-9-12/h4,7,9-10H,2-3,5-6,8H2,1H3,(H,17,21). The Morgan fingerprint density at radius 3 is 2.87 bits per heavy atom. The Morgan fingerprint density at radius 1 is 1.30 bits per heavy atom. The Morgan fingerprint density at radius 2 is 2.13 bits per heavy atom. The van der Waals surface area contributed by atoms with E-state index in [-0.39, 0.29) is 18.4 Å². The van der Waals surface area contributed by atoms with Crippen LogP contribution in [0.2, 0.25) is 0 Å². The minimum Gasteiger partial charge on any atom is -0.347 e. The van der Waals surface area contributed by atoms with Crippen molar-refractivity contribution in [1.82, 2.24) is 20.2 Å². The van der Waals surface area contributed by atoms with Gasteiger partial charge < -0.3 is 10.2 Å². The maximum atomic E-state index is 12.2. The van der Waals surface area contributed by atoms with Gasteiger partial charge in [-0.1, -0.05) is 0 Å².